The highest BCUT2D eigenvalue weighted by Gasteiger charge is 2.36. The van der Waals surface area contributed by atoms with Crippen LogP contribution in [0.2, 0.25) is 0 Å². The fraction of sp³-hybridized carbons (Fsp3) is 0.583. The molecule has 1 aromatic heterocycles. The van der Waals surface area contributed by atoms with Gasteiger partial charge in [-0.15, -0.1) is 13.2 Å². The first kappa shape index (κ1) is 25.3. The number of amides is 2. The van der Waals surface area contributed by atoms with E-state index >= 15 is 0 Å². The van der Waals surface area contributed by atoms with Crippen LogP contribution in [0.3, 0.4) is 0 Å². The molecule has 2 atom stereocenters. The molecule has 3 heterocycles. The predicted molar refractivity (Wildman–Crippen MR) is 121 cm³/mol. The van der Waals surface area contributed by atoms with Crippen molar-refractivity contribution in [1.82, 2.24) is 20.0 Å². The number of piperidine rings is 2. The van der Waals surface area contributed by atoms with Crippen LogP contribution in [0.5, 0.6) is 5.75 Å². The zero-order valence-corrected chi connectivity index (χ0v) is 19.6. The SMILES string of the molecule is COCCc1cc(C2CC(c3cccc(OC(F)(F)F)c3)CN(C(=O)N3CCC(O)CC3)C2)n[nH]1. The third-order valence-electron chi connectivity index (χ3n) is 6.66. The van der Waals surface area contributed by atoms with E-state index in [9.17, 15) is 23.1 Å². The molecule has 2 amide bonds. The number of methoxy groups -OCH3 is 1. The van der Waals surface area contributed by atoms with Crippen LogP contribution >= 0.6 is 0 Å². The smallest absolute Gasteiger partial charge is 0.406 e. The first-order valence-corrected chi connectivity index (χ1v) is 11.8. The van der Waals surface area contributed by atoms with Crippen molar-refractivity contribution in [3.63, 3.8) is 0 Å². The van der Waals surface area contributed by atoms with Gasteiger partial charge in [0.2, 0.25) is 0 Å². The quantitative estimate of drug-likeness (QED) is 0.637. The van der Waals surface area contributed by atoms with E-state index in [2.05, 4.69) is 14.9 Å². The number of urea groups is 1. The number of aliphatic hydroxyl groups is 1. The van der Waals surface area contributed by atoms with Gasteiger partial charge in [-0.2, -0.15) is 5.10 Å². The molecule has 2 saturated heterocycles. The lowest BCUT2D eigenvalue weighted by molar-refractivity contribution is -0.274. The fourth-order valence-electron chi connectivity index (χ4n) is 4.86. The Morgan fingerprint density at radius 2 is 1.91 bits per heavy atom. The lowest BCUT2D eigenvalue weighted by Gasteiger charge is -2.41. The van der Waals surface area contributed by atoms with Crippen molar-refractivity contribution in [2.24, 2.45) is 0 Å². The maximum absolute atomic E-state index is 13.4. The maximum atomic E-state index is 13.4. The molecule has 2 fully saturated rings. The first-order valence-electron chi connectivity index (χ1n) is 11.8. The summed E-state index contributed by atoms with van der Waals surface area (Å²) in [5, 5.41) is 17.3. The number of aromatic nitrogens is 2. The number of hydrogen-bond donors (Lipinski definition) is 2. The van der Waals surface area contributed by atoms with Crippen molar-refractivity contribution in [3.8, 4) is 5.75 Å². The number of carbonyl (C=O) groups is 1. The molecular weight excluding hydrogens is 465 g/mol. The fourth-order valence-corrected chi connectivity index (χ4v) is 4.86. The highest BCUT2D eigenvalue weighted by Crippen LogP contribution is 2.37. The van der Waals surface area contributed by atoms with E-state index in [0.717, 1.165) is 11.4 Å². The molecule has 2 aliphatic heterocycles. The van der Waals surface area contributed by atoms with Gasteiger partial charge < -0.3 is 24.4 Å². The number of rotatable bonds is 6. The number of carbonyl (C=O) groups excluding carboxylic acids is 1. The van der Waals surface area contributed by atoms with Crippen molar-refractivity contribution in [2.75, 3.05) is 39.9 Å². The molecule has 192 valence electrons. The molecule has 0 saturated carbocycles. The van der Waals surface area contributed by atoms with E-state index in [1.165, 1.54) is 18.2 Å². The van der Waals surface area contributed by atoms with Crippen molar-refractivity contribution in [1.29, 1.82) is 0 Å². The van der Waals surface area contributed by atoms with E-state index in [4.69, 9.17) is 4.74 Å². The molecule has 0 radical (unpaired) electrons. The van der Waals surface area contributed by atoms with Crippen LogP contribution in [0, 0.1) is 0 Å². The van der Waals surface area contributed by atoms with E-state index < -0.39 is 12.5 Å². The summed E-state index contributed by atoms with van der Waals surface area (Å²) in [6.07, 6.45) is -2.80. The molecule has 8 nitrogen and oxygen atoms in total. The number of H-pyrrole nitrogens is 1. The molecule has 0 spiro atoms. The second-order valence-corrected chi connectivity index (χ2v) is 9.22. The number of ether oxygens (including phenoxy) is 2. The molecular formula is C24H31F3N4O4. The molecule has 2 unspecified atom stereocenters. The van der Waals surface area contributed by atoms with Gasteiger partial charge in [0.05, 0.1) is 18.4 Å². The van der Waals surface area contributed by atoms with Crippen LogP contribution in [-0.4, -0.2) is 83.5 Å². The summed E-state index contributed by atoms with van der Waals surface area (Å²) in [6, 6.07) is 7.82. The van der Waals surface area contributed by atoms with Gasteiger partial charge in [-0.3, -0.25) is 5.10 Å². The van der Waals surface area contributed by atoms with Gasteiger partial charge in [-0.05, 0) is 43.0 Å². The monoisotopic (exact) mass is 496 g/mol. The number of alkyl halides is 3. The highest BCUT2D eigenvalue weighted by atomic mass is 19.4. The number of nitrogens with zero attached hydrogens (tertiary/aromatic N) is 3. The van der Waals surface area contributed by atoms with Gasteiger partial charge in [-0.1, -0.05) is 12.1 Å². The number of aliphatic hydroxyl groups excluding tert-OH is 1. The summed E-state index contributed by atoms with van der Waals surface area (Å²) in [6.45, 7) is 2.34. The van der Waals surface area contributed by atoms with Gasteiger partial charge in [0.25, 0.3) is 0 Å². The van der Waals surface area contributed by atoms with E-state index in [0.29, 0.717) is 64.0 Å². The number of benzene rings is 1. The van der Waals surface area contributed by atoms with Crippen molar-refractivity contribution in [3.05, 3.63) is 47.3 Å². The van der Waals surface area contributed by atoms with Gasteiger partial charge in [-0.25, -0.2) is 4.79 Å². The third kappa shape index (κ3) is 6.66. The summed E-state index contributed by atoms with van der Waals surface area (Å²) < 4.78 is 47.6. The van der Waals surface area contributed by atoms with Gasteiger partial charge >= 0.3 is 12.4 Å². The van der Waals surface area contributed by atoms with Crippen LogP contribution in [0.4, 0.5) is 18.0 Å². The molecule has 11 heteroatoms. The Hall–Kier alpha value is -2.79. The molecule has 0 aliphatic carbocycles. The molecule has 2 aliphatic rings. The number of aromatic amines is 1. The van der Waals surface area contributed by atoms with Gasteiger partial charge in [0, 0.05) is 57.2 Å². The Morgan fingerprint density at radius 1 is 1.17 bits per heavy atom. The minimum Gasteiger partial charge on any atom is -0.406 e. The molecule has 0 bridgehead atoms. The summed E-state index contributed by atoms with van der Waals surface area (Å²) in [4.78, 5) is 16.9. The normalized spacial score (nSPS) is 21.9. The molecule has 2 N–H and O–H groups in total. The minimum absolute atomic E-state index is 0.0900. The second kappa shape index (κ2) is 10.9. The Bertz CT molecular complexity index is 991. The average molecular weight is 497 g/mol. The van der Waals surface area contributed by atoms with Crippen molar-refractivity contribution < 1.29 is 32.5 Å². The van der Waals surface area contributed by atoms with Crippen LogP contribution < -0.4 is 4.74 Å². The van der Waals surface area contributed by atoms with E-state index in [-0.39, 0.29) is 23.6 Å². The largest absolute Gasteiger partial charge is 0.573 e. The zero-order chi connectivity index (χ0) is 25.0. The average Bonchev–Trinajstić information content (AvgIpc) is 3.31. The minimum atomic E-state index is -4.78. The summed E-state index contributed by atoms with van der Waals surface area (Å²) in [5.41, 5.74) is 2.42. The molecule has 1 aromatic carbocycles. The standard InChI is InChI=1S/C24H31F3N4O4/c1-34-10-7-19-13-22(29-28-19)18-11-17(16-3-2-4-21(12-16)35-24(25,26)27)14-31(15-18)23(33)30-8-5-20(32)6-9-30/h2-4,12-13,17-18,20,32H,5-11,14-15H2,1H3,(H,28,29). The van der Waals surface area contributed by atoms with Gasteiger partial charge in [0.1, 0.15) is 5.75 Å². The van der Waals surface area contributed by atoms with Crippen LogP contribution in [-0.2, 0) is 11.2 Å². The topological polar surface area (TPSA) is 90.9 Å². The number of halogens is 3. The Kier molecular flexibility index (Phi) is 7.85. The van der Waals surface area contributed by atoms with Crippen LogP contribution in [0.1, 0.15) is 48.0 Å². The highest BCUT2D eigenvalue weighted by molar-refractivity contribution is 5.75. The first-order chi connectivity index (χ1) is 16.7. The predicted octanol–water partition coefficient (Wildman–Crippen LogP) is 3.65. The van der Waals surface area contributed by atoms with Crippen molar-refractivity contribution >= 4 is 6.03 Å². The third-order valence-corrected chi connectivity index (χ3v) is 6.66. The summed E-state index contributed by atoms with van der Waals surface area (Å²) >= 11 is 0. The number of likely N-dealkylation sites (tertiary alicyclic amines) is 2. The van der Waals surface area contributed by atoms with Gasteiger partial charge in [0.15, 0.2) is 0 Å². The molecule has 4 rings (SSSR count). The Balaban J connectivity index is 1.56. The van der Waals surface area contributed by atoms with Crippen LogP contribution in [0.25, 0.3) is 0 Å². The Labute approximate surface area is 202 Å². The number of hydrogen-bond acceptors (Lipinski definition) is 5. The second-order valence-electron chi connectivity index (χ2n) is 9.22. The maximum Gasteiger partial charge on any atom is 0.573 e. The zero-order valence-electron chi connectivity index (χ0n) is 19.6. The molecule has 35 heavy (non-hydrogen) atoms. The van der Waals surface area contributed by atoms with E-state index in [1.807, 2.05) is 6.07 Å². The summed E-state index contributed by atoms with van der Waals surface area (Å²) in [7, 11) is 1.63. The lowest BCUT2D eigenvalue weighted by atomic mass is 9.83. The number of nitrogens with one attached hydrogen (secondary N) is 1. The summed E-state index contributed by atoms with van der Waals surface area (Å²) in [5.74, 6) is -0.557. The van der Waals surface area contributed by atoms with Crippen LogP contribution in [0.15, 0.2) is 30.3 Å². The lowest BCUT2D eigenvalue weighted by Crippen LogP contribution is -2.51. The molecule has 2 aromatic rings. The van der Waals surface area contributed by atoms with Crippen molar-refractivity contribution in [2.45, 2.75) is 50.0 Å². The van der Waals surface area contributed by atoms with E-state index in [1.54, 1.807) is 23.0 Å². The Morgan fingerprint density at radius 3 is 2.63 bits per heavy atom.